The molecule has 5 rings (SSSR count). The Labute approximate surface area is 159 Å². The van der Waals surface area contributed by atoms with Gasteiger partial charge < -0.3 is 10.1 Å². The fourth-order valence-electron chi connectivity index (χ4n) is 3.47. The van der Waals surface area contributed by atoms with E-state index in [0.29, 0.717) is 34.9 Å². The second-order valence-corrected chi connectivity index (χ2v) is 6.79. The first-order chi connectivity index (χ1) is 13.7. The number of nitrogens with one attached hydrogen (secondary N) is 1. The topological polar surface area (TPSA) is 64.3 Å². The van der Waals surface area contributed by atoms with Crippen LogP contribution in [-0.2, 0) is 0 Å². The lowest BCUT2D eigenvalue weighted by molar-refractivity contribution is 0.0742. The van der Waals surface area contributed by atoms with Crippen molar-refractivity contribution in [2.24, 2.45) is 0 Å². The smallest absolute Gasteiger partial charge is 0.187 e. The zero-order valence-corrected chi connectivity index (χ0v) is 14.8. The highest BCUT2D eigenvalue weighted by Gasteiger charge is 2.27. The molecule has 1 saturated heterocycles. The van der Waals surface area contributed by atoms with Crippen LogP contribution in [0.2, 0.25) is 0 Å². The number of pyridine rings is 2. The van der Waals surface area contributed by atoms with Gasteiger partial charge in [-0.1, -0.05) is 18.2 Å². The maximum atomic E-state index is 14.2. The first-order valence-corrected chi connectivity index (χ1v) is 9.11. The number of piperidine rings is 1. The summed E-state index contributed by atoms with van der Waals surface area (Å²) < 4.78 is 35.3. The van der Waals surface area contributed by atoms with Crippen LogP contribution in [0.1, 0.15) is 6.42 Å². The summed E-state index contributed by atoms with van der Waals surface area (Å²) in [6.07, 6.45) is 0.589. The number of hydrogen-bond acceptors (Lipinski definition) is 5. The van der Waals surface area contributed by atoms with Crippen molar-refractivity contribution in [2.45, 2.75) is 18.7 Å². The van der Waals surface area contributed by atoms with Crippen molar-refractivity contribution in [1.29, 1.82) is 0 Å². The number of nitrogens with zero attached hydrogens (tertiary/aromatic N) is 4. The highest BCUT2D eigenvalue weighted by Crippen LogP contribution is 2.29. The second-order valence-electron chi connectivity index (χ2n) is 6.79. The van der Waals surface area contributed by atoms with Crippen molar-refractivity contribution in [3.05, 3.63) is 54.5 Å². The van der Waals surface area contributed by atoms with Crippen molar-refractivity contribution < 1.29 is 13.5 Å². The minimum Gasteiger partial charge on any atom is -0.485 e. The summed E-state index contributed by atoms with van der Waals surface area (Å²) in [5, 5.41) is 12.1. The number of hydrogen-bond donors (Lipinski definition) is 1. The normalized spacial score (nSPS) is 19.9. The molecular formula is C20H17F2N5O. The van der Waals surface area contributed by atoms with Crippen molar-refractivity contribution in [3.63, 3.8) is 0 Å². The molecule has 1 N–H and O–H groups in total. The Bertz CT molecular complexity index is 1160. The van der Waals surface area contributed by atoms with Crippen LogP contribution >= 0.6 is 0 Å². The summed E-state index contributed by atoms with van der Waals surface area (Å²) in [6.45, 7) is 1.01. The summed E-state index contributed by atoms with van der Waals surface area (Å²) >= 11 is 0. The summed E-state index contributed by atoms with van der Waals surface area (Å²) in [5.41, 5.74) is 1.60. The SMILES string of the molecule is Fc1ccn2c(-c3ccc4cccc(O[C@H]5CCNC[C@H]5F)c4n3)nnc2c1. The van der Waals surface area contributed by atoms with Gasteiger partial charge in [-0.2, -0.15) is 0 Å². The van der Waals surface area contributed by atoms with Crippen LogP contribution in [0, 0.1) is 5.82 Å². The molecule has 142 valence electrons. The third-order valence-electron chi connectivity index (χ3n) is 4.91. The second kappa shape index (κ2) is 6.79. The molecule has 1 aromatic carbocycles. The molecule has 3 aromatic heterocycles. The van der Waals surface area contributed by atoms with Crippen LogP contribution in [-0.4, -0.2) is 44.9 Å². The maximum absolute atomic E-state index is 14.2. The van der Waals surface area contributed by atoms with Crippen LogP contribution in [0.25, 0.3) is 28.1 Å². The number of fused-ring (bicyclic) bond motifs is 2. The van der Waals surface area contributed by atoms with Crippen molar-refractivity contribution in [2.75, 3.05) is 13.1 Å². The lowest BCUT2D eigenvalue weighted by Gasteiger charge is -2.27. The minimum atomic E-state index is -1.07. The van der Waals surface area contributed by atoms with E-state index in [0.717, 1.165) is 11.9 Å². The molecule has 0 saturated carbocycles. The van der Waals surface area contributed by atoms with Gasteiger partial charge in [-0.25, -0.2) is 13.8 Å². The number of benzene rings is 1. The quantitative estimate of drug-likeness (QED) is 0.591. The average molecular weight is 381 g/mol. The Morgan fingerprint density at radius 1 is 1.14 bits per heavy atom. The Morgan fingerprint density at radius 3 is 2.96 bits per heavy atom. The van der Waals surface area contributed by atoms with Crippen LogP contribution in [0.3, 0.4) is 0 Å². The number of ether oxygens (including phenoxy) is 1. The lowest BCUT2D eigenvalue weighted by Crippen LogP contribution is -2.44. The van der Waals surface area contributed by atoms with Gasteiger partial charge in [0.1, 0.15) is 35.1 Å². The van der Waals surface area contributed by atoms with Gasteiger partial charge in [0.2, 0.25) is 0 Å². The third-order valence-corrected chi connectivity index (χ3v) is 4.91. The lowest BCUT2D eigenvalue weighted by atomic mass is 10.1. The van der Waals surface area contributed by atoms with Crippen LogP contribution in [0.4, 0.5) is 8.78 Å². The molecule has 1 fully saturated rings. The predicted octanol–water partition coefficient (Wildman–Crippen LogP) is 3.16. The fourth-order valence-corrected chi connectivity index (χ4v) is 3.47. The van der Waals surface area contributed by atoms with E-state index in [1.165, 1.54) is 12.1 Å². The van der Waals surface area contributed by atoms with Crippen molar-refractivity contribution in [3.8, 4) is 17.3 Å². The van der Waals surface area contributed by atoms with Gasteiger partial charge in [0.15, 0.2) is 11.5 Å². The van der Waals surface area contributed by atoms with Gasteiger partial charge in [0.05, 0.1) is 0 Å². The van der Waals surface area contributed by atoms with E-state index in [-0.39, 0.29) is 12.4 Å². The number of halogens is 2. The summed E-state index contributed by atoms with van der Waals surface area (Å²) in [7, 11) is 0. The van der Waals surface area contributed by atoms with E-state index in [1.807, 2.05) is 24.3 Å². The Morgan fingerprint density at radius 2 is 2.07 bits per heavy atom. The first-order valence-electron chi connectivity index (χ1n) is 9.11. The van der Waals surface area contributed by atoms with Gasteiger partial charge in [-0.3, -0.25) is 4.40 Å². The van der Waals surface area contributed by atoms with Crippen LogP contribution in [0.5, 0.6) is 5.75 Å². The van der Waals surface area contributed by atoms with E-state index in [4.69, 9.17) is 9.72 Å². The Hall–Kier alpha value is -3.13. The van der Waals surface area contributed by atoms with Gasteiger partial charge in [0, 0.05) is 24.2 Å². The van der Waals surface area contributed by atoms with Crippen molar-refractivity contribution in [1.82, 2.24) is 24.9 Å². The monoisotopic (exact) mass is 381 g/mol. The molecule has 0 radical (unpaired) electrons. The molecule has 6 nitrogen and oxygen atoms in total. The number of alkyl halides is 1. The van der Waals surface area contributed by atoms with Gasteiger partial charge >= 0.3 is 0 Å². The van der Waals surface area contributed by atoms with E-state index < -0.39 is 12.3 Å². The van der Waals surface area contributed by atoms with E-state index in [2.05, 4.69) is 15.5 Å². The molecule has 4 aromatic rings. The zero-order valence-electron chi connectivity index (χ0n) is 14.8. The van der Waals surface area contributed by atoms with Gasteiger partial charge in [0.25, 0.3) is 0 Å². The summed E-state index contributed by atoms with van der Waals surface area (Å²) in [6, 6.07) is 12.0. The fraction of sp³-hybridized carbons (Fsp3) is 0.250. The number of aromatic nitrogens is 4. The summed E-state index contributed by atoms with van der Waals surface area (Å²) in [4.78, 5) is 4.70. The van der Waals surface area contributed by atoms with E-state index in [9.17, 15) is 8.78 Å². The average Bonchev–Trinajstić information content (AvgIpc) is 3.12. The number of para-hydroxylation sites is 1. The molecule has 1 aliphatic heterocycles. The maximum Gasteiger partial charge on any atom is 0.187 e. The molecule has 28 heavy (non-hydrogen) atoms. The summed E-state index contributed by atoms with van der Waals surface area (Å²) in [5.74, 6) is 0.655. The molecule has 4 heterocycles. The molecule has 0 aliphatic carbocycles. The Balaban J connectivity index is 1.58. The van der Waals surface area contributed by atoms with Crippen molar-refractivity contribution >= 4 is 16.6 Å². The van der Waals surface area contributed by atoms with E-state index >= 15 is 0 Å². The molecule has 0 unspecified atom stereocenters. The molecule has 2 atom stereocenters. The molecular weight excluding hydrogens is 364 g/mol. The first kappa shape index (κ1) is 17.0. The standard InChI is InChI=1S/C20H17F2N5O/c21-13-7-9-27-18(10-13)25-26-20(27)15-5-4-12-2-1-3-17(19(12)24-15)28-16-6-8-23-11-14(16)22/h1-5,7,9-10,14,16,23H,6,8,11H2/t14-,16+/m1/s1. The van der Waals surface area contributed by atoms with E-state index in [1.54, 1.807) is 16.7 Å². The largest absolute Gasteiger partial charge is 0.485 e. The molecule has 0 amide bonds. The molecule has 8 heteroatoms. The minimum absolute atomic E-state index is 0.288. The molecule has 1 aliphatic rings. The van der Waals surface area contributed by atoms with Crippen LogP contribution < -0.4 is 10.1 Å². The van der Waals surface area contributed by atoms with Gasteiger partial charge in [-0.05, 0) is 31.2 Å². The highest BCUT2D eigenvalue weighted by molar-refractivity contribution is 5.86. The predicted molar refractivity (Wildman–Crippen MR) is 100 cm³/mol. The zero-order chi connectivity index (χ0) is 19.1. The number of rotatable bonds is 3. The third kappa shape index (κ3) is 2.95. The molecule has 0 bridgehead atoms. The highest BCUT2D eigenvalue weighted by atomic mass is 19.1. The van der Waals surface area contributed by atoms with Crippen LogP contribution in [0.15, 0.2) is 48.7 Å². The van der Waals surface area contributed by atoms with Gasteiger partial charge in [-0.15, -0.1) is 10.2 Å². The molecule has 0 spiro atoms. The Kier molecular flexibility index (Phi) is 4.12.